The molecule has 0 radical (unpaired) electrons. The highest BCUT2D eigenvalue weighted by Crippen LogP contribution is 2.05. The average molecular weight is 261 g/mol. The summed E-state index contributed by atoms with van der Waals surface area (Å²) in [5.41, 5.74) is 1.26. The Labute approximate surface area is 106 Å². The van der Waals surface area contributed by atoms with Gasteiger partial charge < -0.3 is 4.98 Å². The molecule has 2 aromatic rings. The van der Waals surface area contributed by atoms with E-state index in [-0.39, 0.29) is 12.2 Å². The van der Waals surface area contributed by atoms with Gasteiger partial charge in [0.05, 0.1) is 17.5 Å². The summed E-state index contributed by atoms with van der Waals surface area (Å²) in [4.78, 5) is 47.9. The first kappa shape index (κ1) is 12.7. The Balaban J connectivity index is 2.55. The summed E-state index contributed by atoms with van der Waals surface area (Å²) in [6, 6.07) is 6.52. The van der Waals surface area contributed by atoms with E-state index >= 15 is 0 Å². The minimum atomic E-state index is -0.907. The highest BCUT2D eigenvalue weighted by molar-refractivity contribution is 6.00. The lowest BCUT2D eigenvalue weighted by molar-refractivity contribution is -0.124. The van der Waals surface area contributed by atoms with E-state index in [1.54, 1.807) is 24.3 Å². The van der Waals surface area contributed by atoms with Crippen LogP contribution in [0.25, 0.3) is 11.0 Å². The molecule has 0 aliphatic rings. The molecule has 0 unspecified atom stereocenters. The summed E-state index contributed by atoms with van der Waals surface area (Å²) in [6.45, 7) is 1.26. The van der Waals surface area contributed by atoms with Crippen molar-refractivity contribution in [2.45, 2.75) is 13.3 Å². The van der Waals surface area contributed by atoms with Gasteiger partial charge in [-0.15, -0.1) is 0 Å². The zero-order chi connectivity index (χ0) is 14.0. The molecule has 19 heavy (non-hydrogen) atoms. The summed E-state index contributed by atoms with van der Waals surface area (Å²) in [5, 5.41) is 0. The number of hydrogen-bond donors (Lipinski definition) is 2. The minimum absolute atomic E-state index is 0.334. The Bertz CT molecular complexity index is 772. The number of benzene rings is 1. The Kier molecular flexibility index (Phi) is 3.28. The summed E-state index contributed by atoms with van der Waals surface area (Å²) < 4.78 is 0.847. The van der Waals surface area contributed by atoms with E-state index in [4.69, 9.17) is 0 Å². The summed E-state index contributed by atoms with van der Waals surface area (Å²) >= 11 is 0. The first-order valence-electron chi connectivity index (χ1n) is 5.52. The number of aromatic nitrogens is 2. The molecule has 2 rings (SSSR count). The van der Waals surface area contributed by atoms with Crippen molar-refractivity contribution in [1.29, 1.82) is 0 Å². The Hall–Kier alpha value is -2.70. The van der Waals surface area contributed by atoms with E-state index in [0.717, 1.165) is 4.68 Å². The minimum Gasteiger partial charge on any atom is -0.316 e. The van der Waals surface area contributed by atoms with Gasteiger partial charge in [0.15, 0.2) is 0 Å². The van der Waals surface area contributed by atoms with Crippen LogP contribution in [-0.4, -0.2) is 21.4 Å². The van der Waals surface area contributed by atoms with Crippen molar-refractivity contribution in [1.82, 2.24) is 9.66 Å². The molecule has 0 atom stereocenters. The Morgan fingerprint density at radius 1 is 1.26 bits per heavy atom. The molecule has 0 aliphatic heterocycles. The number of nitrogens with zero attached hydrogens (tertiary/aromatic N) is 1. The highest BCUT2D eigenvalue weighted by atomic mass is 16.2. The van der Waals surface area contributed by atoms with Gasteiger partial charge in [0.25, 0.3) is 0 Å². The summed E-state index contributed by atoms with van der Waals surface area (Å²) in [7, 11) is 0. The van der Waals surface area contributed by atoms with Gasteiger partial charge in [-0.25, -0.2) is 4.68 Å². The molecule has 1 heterocycles. The average Bonchev–Trinajstić information content (AvgIpc) is 2.34. The number of rotatable bonds is 3. The molecule has 7 nitrogen and oxygen atoms in total. The number of amides is 1. The van der Waals surface area contributed by atoms with Crippen LogP contribution in [0.4, 0.5) is 0 Å². The lowest BCUT2D eigenvalue weighted by Gasteiger charge is -2.10. The predicted molar refractivity (Wildman–Crippen MR) is 68.5 cm³/mol. The molecule has 1 aromatic carbocycles. The third-order valence-electron chi connectivity index (χ3n) is 2.44. The van der Waals surface area contributed by atoms with Crippen LogP contribution >= 0.6 is 0 Å². The molecule has 0 bridgehead atoms. The fraction of sp³-hybridized carbons (Fsp3) is 0.167. The van der Waals surface area contributed by atoms with E-state index < -0.39 is 17.0 Å². The van der Waals surface area contributed by atoms with Gasteiger partial charge in [-0.05, 0) is 19.1 Å². The number of nitrogens with one attached hydrogen (secondary N) is 2. The van der Waals surface area contributed by atoms with Gasteiger partial charge >= 0.3 is 11.1 Å². The normalized spacial score (nSPS) is 10.4. The van der Waals surface area contributed by atoms with Crippen molar-refractivity contribution >= 4 is 22.7 Å². The molecule has 7 heteroatoms. The number of fused-ring (bicyclic) bond motifs is 1. The molecule has 2 N–H and O–H groups in total. The number of hydrogen-bond acceptors (Lipinski definition) is 4. The molecule has 0 saturated carbocycles. The molecule has 98 valence electrons. The van der Waals surface area contributed by atoms with Crippen LogP contribution in [0.1, 0.15) is 13.3 Å². The Morgan fingerprint density at radius 2 is 1.95 bits per heavy atom. The van der Waals surface area contributed by atoms with Crippen molar-refractivity contribution < 1.29 is 9.59 Å². The molecule has 1 amide bonds. The number of ketones is 1. The van der Waals surface area contributed by atoms with Crippen molar-refractivity contribution in [2.24, 2.45) is 0 Å². The van der Waals surface area contributed by atoms with Gasteiger partial charge in [0.1, 0.15) is 5.78 Å². The maximum absolute atomic E-state index is 11.7. The SMILES string of the molecule is CC(=O)CC(=O)Nn1c(=O)c(=O)[nH]c2ccccc21. The third-order valence-corrected chi connectivity index (χ3v) is 2.44. The molecule has 0 spiro atoms. The van der Waals surface area contributed by atoms with Gasteiger partial charge in [-0.1, -0.05) is 12.1 Å². The van der Waals surface area contributed by atoms with Crippen molar-refractivity contribution in [2.75, 3.05) is 5.43 Å². The second-order valence-electron chi connectivity index (χ2n) is 4.03. The predicted octanol–water partition coefficient (Wildman–Crippen LogP) is -0.261. The van der Waals surface area contributed by atoms with Crippen LogP contribution < -0.4 is 16.5 Å². The maximum Gasteiger partial charge on any atom is 0.335 e. The molecule has 0 fully saturated rings. The lowest BCUT2D eigenvalue weighted by atomic mass is 10.3. The summed E-state index contributed by atoms with van der Waals surface area (Å²) in [5.74, 6) is -0.981. The van der Waals surface area contributed by atoms with E-state index in [1.165, 1.54) is 6.92 Å². The number of Topliss-reactive ketones (excluding diaryl/α,β-unsaturated/α-hetero) is 1. The number of para-hydroxylation sites is 2. The van der Waals surface area contributed by atoms with Crippen LogP contribution in [0.2, 0.25) is 0 Å². The fourth-order valence-electron chi connectivity index (χ4n) is 1.66. The van der Waals surface area contributed by atoms with E-state index in [0.29, 0.717) is 11.0 Å². The van der Waals surface area contributed by atoms with Crippen LogP contribution in [0.5, 0.6) is 0 Å². The standard InChI is InChI=1S/C12H11N3O4/c1-7(16)6-10(17)14-15-9-5-3-2-4-8(9)13-11(18)12(15)19/h2-5H,6H2,1H3,(H,13,18)(H,14,17). The van der Waals surface area contributed by atoms with Crippen LogP contribution in [0, 0.1) is 0 Å². The molecule has 1 aromatic heterocycles. The molecular formula is C12H11N3O4. The zero-order valence-electron chi connectivity index (χ0n) is 10.1. The zero-order valence-corrected chi connectivity index (χ0v) is 10.1. The number of H-pyrrole nitrogens is 1. The highest BCUT2D eigenvalue weighted by Gasteiger charge is 2.11. The van der Waals surface area contributed by atoms with Crippen LogP contribution in [0.3, 0.4) is 0 Å². The van der Waals surface area contributed by atoms with Gasteiger partial charge in [0.2, 0.25) is 5.91 Å². The first-order valence-corrected chi connectivity index (χ1v) is 5.52. The van der Waals surface area contributed by atoms with Crippen molar-refractivity contribution in [3.05, 3.63) is 45.0 Å². The largest absolute Gasteiger partial charge is 0.335 e. The summed E-state index contributed by atoms with van der Waals surface area (Å²) in [6.07, 6.45) is -0.354. The van der Waals surface area contributed by atoms with E-state index in [1.807, 2.05) is 0 Å². The number of aromatic amines is 1. The van der Waals surface area contributed by atoms with E-state index in [9.17, 15) is 19.2 Å². The van der Waals surface area contributed by atoms with Crippen LogP contribution in [0.15, 0.2) is 33.9 Å². The molecule has 0 aliphatic carbocycles. The monoisotopic (exact) mass is 261 g/mol. The topological polar surface area (TPSA) is 101 Å². The fourth-order valence-corrected chi connectivity index (χ4v) is 1.66. The number of carbonyl (C=O) groups is 2. The molecular weight excluding hydrogens is 250 g/mol. The second-order valence-corrected chi connectivity index (χ2v) is 4.03. The van der Waals surface area contributed by atoms with Gasteiger partial charge in [-0.2, -0.15) is 0 Å². The van der Waals surface area contributed by atoms with Gasteiger partial charge in [0, 0.05) is 0 Å². The first-order chi connectivity index (χ1) is 8.99. The maximum atomic E-state index is 11.7. The quantitative estimate of drug-likeness (QED) is 0.587. The molecule has 0 saturated heterocycles. The smallest absolute Gasteiger partial charge is 0.316 e. The van der Waals surface area contributed by atoms with Crippen LogP contribution in [-0.2, 0) is 9.59 Å². The Morgan fingerprint density at radius 3 is 2.63 bits per heavy atom. The van der Waals surface area contributed by atoms with E-state index in [2.05, 4.69) is 10.4 Å². The second kappa shape index (κ2) is 4.89. The van der Waals surface area contributed by atoms with Crippen molar-refractivity contribution in [3.63, 3.8) is 0 Å². The lowest BCUT2D eigenvalue weighted by Crippen LogP contribution is -2.42. The third kappa shape index (κ3) is 2.59. The van der Waals surface area contributed by atoms with Gasteiger partial charge in [-0.3, -0.25) is 24.6 Å². The van der Waals surface area contributed by atoms with Crippen molar-refractivity contribution in [3.8, 4) is 0 Å². The number of carbonyl (C=O) groups excluding carboxylic acids is 2.